The van der Waals surface area contributed by atoms with Gasteiger partial charge in [-0.25, -0.2) is 0 Å². The fourth-order valence-corrected chi connectivity index (χ4v) is 4.80. The monoisotopic (exact) mass is 402 g/mol. The second kappa shape index (κ2) is 6.94. The second-order valence-electron chi connectivity index (χ2n) is 7.36. The van der Waals surface area contributed by atoms with E-state index in [1.165, 1.54) is 6.92 Å². The van der Waals surface area contributed by atoms with Gasteiger partial charge < -0.3 is 9.47 Å². The number of carbonyl (C=O) groups is 2. The van der Waals surface area contributed by atoms with Gasteiger partial charge in [-0.3, -0.25) is 9.59 Å². The van der Waals surface area contributed by atoms with E-state index in [0.717, 1.165) is 0 Å². The van der Waals surface area contributed by atoms with E-state index >= 15 is 0 Å². The molecule has 4 nitrogen and oxygen atoms in total. The molecule has 0 aromatic carbocycles. The molecule has 0 saturated heterocycles. The minimum absolute atomic E-state index is 0.0990. The zero-order valence-corrected chi connectivity index (χ0v) is 16.8. The lowest BCUT2D eigenvalue weighted by molar-refractivity contribution is -0.191. The van der Waals surface area contributed by atoms with Crippen molar-refractivity contribution in [1.29, 1.82) is 0 Å². The van der Waals surface area contributed by atoms with E-state index in [-0.39, 0.29) is 12.7 Å². The van der Waals surface area contributed by atoms with Crippen LogP contribution in [0.25, 0.3) is 0 Å². The lowest BCUT2D eigenvalue weighted by Crippen LogP contribution is -2.56. The Morgan fingerprint density at radius 3 is 1.82 bits per heavy atom. The first-order chi connectivity index (χ1) is 9.57. The van der Waals surface area contributed by atoms with Gasteiger partial charge in [0, 0.05) is 8.07 Å². The van der Waals surface area contributed by atoms with E-state index in [2.05, 4.69) is 15.9 Å². The lowest BCUT2D eigenvalue weighted by Gasteiger charge is -2.38. The van der Waals surface area contributed by atoms with Crippen molar-refractivity contribution in [2.24, 2.45) is 5.41 Å². The van der Waals surface area contributed by atoms with Gasteiger partial charge in [-0.2, -0.15) is 8.78 Å². The predicted molar refractivity (Wildman–Crippen MR) is 86.9 cm³/mol. The van der Waals surface area contributed by atoms with Crippen LogP contribution in [-0.2, 0) is 19.1 Å². The Balaban J connectivity index is 6.09. The zero-order valence-electron chi connectivity index (χ0n) is 14.2. The SMILES string of the molecule is CCOC(=O)C(C[Si](C)(C)C)(C(=O)OC(C)(C)C)C(F)(F)Br. The smallest absolute Gasteiger partial charge is 0.331 e. The molecule has 1 unspecified atom stereocenters. The zero-order chi connectivity index (χ0) is 18.0. The minimum Gasteiger partial charge on any atom is -0.465 e. The molecule has 0 aliphatic rings. The standard InChI is InChI=1S/C14H25BrF2O4Si/c1-8-20-10(18)13(14(15,16)17,9-22(5,6)7)11(19)21-12(2,3)4/h8-9H2,1-7H3. The van der Waals surface area contributed by atoms with Crippen molar-refractivity contribution in [3.63, 3.8) is 0 Å². The first kappa shape index (κ1) is 21.5. The van der Waals surface area contributed by atoms with Crippen LogP contribution >= 0.6 is 15.9 Å². The third-order valence-electron chi connectivity index (χ3n) is 2.65. The van der Waals surface area contributed by atoms with Gasteiger partial charge >= 0.3 is 16.8 Å². The van der Waals surface area contributed by atoms with Crippen LogP contribution in [0.15, 0.2) is 0 Å². The number of halogens is 3. The van der Waals surface area contributed by atoms with Crippen LogP contribution < -0.4 is 0 Å². The van der Waals surface area contributed by atoms with Crippen LogP contribution in [0.2, 0.25) is 25.7 Å². The van der Waals surface area contributed by atoms with E-state index in [4.69, 9.17) is 9.47 Å². The molecule has 0 heterocycles. The first-order valence-electron chi connectivity index (χ1n) is 7.04. The van der Waals surface area contributed by atoms with Crippen molar-refractivity contribution >= 4 is 35.9 Å². The molecule has 0 bridgehead atoms. The molecule has 0 rings (SSSR count). The molecule has 8 heteroatoms. The second-order valence-corrected chi connectivity index (χ2v) is 13.8. The Morgan fingerprint density at radius 1 is 1.09 bits per heavy atom. The van der Waals surface area contributed by atoms with Gasteiger partial charge in [-0.1, -0.05) is 19.6 Å². The quantitative estimate of drug-likeness (QED) is 0.289. The summed E-state index contributed by atoms with van der Waals surface area (Å²) in [5, 5.41) is 0. The summed E-state index contributed by atoms with van der Waals surface area (Å²) >= 11 is 2.22. The molecule has 130 valence electrons. The van der Waals surface area contributed by atoms with E-state index in [9.17, 15) is 18.4 Å². The fraction of sp³-hybridized carbons (Fsp3) is 0.857. The molecule has 0 aromatic heterocycles. The van der Waals surface area contributed by atoms with Crippen molar-refractivity contribution < 1.29 is 27.8 Å². The molecule has 0 spiro atoms. The highest BCUT2D eigenvalue weighted by molar-refractivity contribution is 9.10. The summed E-state index contributed by atoms with van der Waals surface area (Å²) in [5.41, 5.74) is -3.67. The Bertz CT molecular complexity index is 424. The number of alkyl halides is 3. The highest BCUT2D eigenvalue weighted by Gasteiger charge is 2.67. The maximum Gasteiger partial charge on any atom is 0.331 e. The average molecular weight is 403 g/mol. The predicted octanol–water partition coefficient (Wildman–Crippen LogP) is 4.20. The van der Waals surface area contributed by atoms with Crippen molar-refractivity contribution in [2.75, 3.05) is 6.61 Å². The van der Waals surface area contributed by atoms with E-state index < -0.39 is 35.9 Å². The summed E-state index contributed by atoms with van der Waals surface area (Å²) in [4.78, 5) is 21.0. The lowest BCUT2D eigenvalue weighted by atomic mass is 9.90. The molecule has 0 saturated carbocycles. The van der Waals surface area contributed by atoms with E-state index in [1.807, 2.05) is 0 Å². The van der Waals surface area contributed by atoms with Crippen LogP contribution in [0.5, 0.6) is 0 Å². The molecule has 0 N–H and O–H groups in total. The number of hydrogen-bond donors (Lipinski definition) is 0. The van der Waals surface area contributed by atoms with Crippen LogP contribution in [0.3, 0.4) is 0 Å². The molecule has 0 aromatic rings. The number of carbonyl (C=O) groups excluding carboxylic acids is 2. The van der Waals surface area contributed by atoms with Gasteiger partial charge in [-0.05, 0) is 49.7 Å². The minimum atomic E-state index is -3.77. The van der Waals surface area contributed by atoms with Crippen molar-refractivity contribution in [3.8, 4) is 0 Å². The Kier molecular flexibility index (Phi) is 6.79. The van der Waals surface area contributed by atoms with Gasteiger partial charge in [0.25, 0.3) is 0 Å². The normalized spacial score (nSPS) is 15.9. The molecule has 22 heavy (non-hydrogen) atoms. The summed E-state index contributed by atoms with van der Waals surface area (Å²) in [6.07, 6.45) is 0. The van der Waals surface area contributed by atoms with Gasteiger partial charge in [0.05, 0.1) is 6.61 Å². The van der Waals surface area contributed by atoms with Crippen LogP contribution in [0, 0.1) is 5.41 Å². The third kappa shape index (κ3) is 5.61. The number of ether oxygens (including phenoxy) is 2. The summed E-state index contributed by atoms with van der Waals surface area (Å²) in [5.74, 6) is -2.52. The number of rotatable bonds is 6. The van der Waals surface area contributed by atoms with Crippen molar-refractivity contribution in [3.05, 3.63) is 0 Å². The highest BCUT2D eigenvalue weighted by atomic mass is 79.9. The summed E-state index contributed by atoms with van der Waals surface area (Å²) in [6.45, 7) is 11.5. The first-order valence-corrected chi connectivity index (χ1v) is 11.5. The number of hydrogen-bond acceptors (Lipinski definition) is 4. The van der Waals surface area contributed by atoms with Crippen LogP contribution in [0.4, 0.5) is 8.78 Å². The molecule has 0 fully saturated rings. The summed E-state index contributed by atoms with van der Waals surface area (Å²) in [6, 6.07) is -0.286. The van der Waals surface area contributed by atoms with E-state index in [1.54, 1.807) is 40.4 Å². The Labute approximate surface area is 140 Å². The van der Waals surface area contributed by atoms with Crippen LogP contribution in [-0.4, -0.2) is 37.1 Å². The molecule has 0 radical (unpaired) electrons. The Morgan fingerprint density at radius 2 is 1.55 bits per heavy atom. The van der Waals surface area contributed by atoms with Gasteiger partial charge in [0.2, 0.25) is 5.41 Å². The van der Waals surface area contributed by atoms with E-state index in [0.29, 0.717) is 0 Å². The molecular weight excluding hydrogens is 378 g/mol. The largest absolute Gasteiger partial charge is 0.465 e. The molecule has 0 aliphatic heterocycles. The van der Waals surface area contributed by atoms with Gasteiger partial charge in [-0.15, -0.1) is 0 Å². The summed E-state index contributed by atoms with van der Waals surface area (Å²) < 4.78 is 38.5. The maximum atomic E-state index is 14.3. The number of esters is 2. The van der Waals surface area contributed by atoms with Crippen molar-refractivity contribution in [1.82, 2.24) is 0 Å². The van der Waals surface area contributed by atoms with Crippen molar-refractivity contribution in [2.45, 2.75) is 63.8 Å². The summed E-state index contributed by atoms with van der Waals surface area (Å²) in [7, 11) is -2.24. The maximum absolute atomic E-state index is 14.3. The van der Waals surface area contributed by atoms with Gasteiger partial charge in [0.1, 0.15) is 5.60 Å². The topological polar surface area (TPSA) is 52.6 Å². The van der Waals surface area contributed by atoms with Crippen LogP contribution in [0.1, 0.15) is 27.7 Å². The fourth-order valence-electron chi connectivity index (χ4n) is 1.97. The molecule has 0 amide bonds. The Hall–Kier alpha value is -0.503. The third-order valence-corrected chi connectivity index (χ3v) is 4.92. The highest BCUT2D eigenvalue weighted by Crippen LogP contribution is 2.49. The molecule has 0 aliphatic carbocycles. The molecule has 1 atom stereocenters. The average Bonchev–Trinajstić information content (AvgIpc) is 2.20. The molecular formula is C14H25BrF2O4Si. The van der Waals surface area contributed by atoms with Gasteiger partial charge in [0.15, 0.2) is 0 Å².